The van der Waals surface area contributed by atoms with E-state index in [-0.39, 0.29) is 12.6 Å². The largest absolute Gasteiger partial charge is 0.415 e. The smallest absolute Gasteiger partial charge is 0.382 e. The van der Waals surface area contributed by atoms with Gasteiger partial charge in [0.25, 0.3) is 0 Å². The molecule has 0 bridgehead atoms. The van der Waals surface area contributed by atoms with Gasteiger partial charge in [0.1, 0.15) is 0 Å². The number of hydrogen-bond donors (Lipinski definition) is 2. The number of alkyl halides is 3. The quantitative estimate of drug-likeness (QED) is 0.770. The lowest BCUT2D eigenvalue weighted by Gasteiger charge is -2.32. The van der Waals surface area contributed by atoms with Crippen molar-refractivity contribution in [2.45, 2.75) is 50.9 Å². The predicted molar refractivity (Wildman–Crippen MR) is 64.4 cm³/mol. The minimum Gasteiger partial charge on any atom is -0.382 e. The molecule has 1 saturated heterocycles. The van der Waals surface area contributed by atoms with Crippen LogP contribution < -0.4 is 5.32 Å². The summed E-state index contributed by atoms with van der Waals surface area (Å²) >= 11 is 0. The fraction of sp³-hybridized carbons (Fsp3) is 1.00. The lowest BCUT2D eigenvalue weighted by atomic mass is 10.0. The molecule has 2 N–H and O–H groups in total. The number of halogens is 3. The highest BCUT2D eigenvalue weighted by Gasteiger charge is 2.39. The van der Waals surface area contributed by atoms with Gasteiger partial charge >= 0.3 is 6.18 Å². The molecule has 0 amide bonds. The number of aliphatic hydroxyl groups excluding tert-OH is 1. The minimum atomic E-state index is -4.52. The molecule has 1 heterocycles. The van der Waals surface area contributed by atoms with Crippen LogP contribution in [-0.2, 0) is 0 Å². The first-order chi connectivity index (χ1) is 8.43. The molecule has 1 aliphatic rings. The van der Waals surface area contributed by atoms with Gasteiger partial charge in [0.2, 0.25) is 0 Å². The molecule has 0 saturated carbocycles. The SMILES string of the molecule is CCCN(CC1CCCCN1)CC(O)C(F)(F)F. The van der Waals surface area contributed by atoms with Crippen molar-refractivity contribution in [3.8, 4) is 0 Å². The summed E-state index contributed by atoms with van der Waals surface area (Å²) in [4.78, 5) is 1.71. The van der Waals surface area contributed by atoms with Crippen LogP contribution in [0, 0.1) is 0 Å². The first-order valence-corrected chi connectivity index (χ1v) is 6.64. The fourth-order valence-corrected chi connectivity index (χ4v) is 2.31. The molecule has 0 aromatic heterocycles. The van der Waals surface area contributed by atoms with E-state index in [1.54, 1.807) is 4.90 Å². The second-order valence-corrected chi connectivity index (χ2v) is 4.96. The molecule has 1 rings (SSSR count). The molecule has 0 aliphatic carbocycles. The van der Waals surface area contributed by atoms with E-state index < -0.39 is 12.3 Å². The predicted octanol–water partition coefficient (Wildman–Crippen LogP) is 1.76. The van der Waals surface area contributed by atoms with Crippen molar-refractivity contribution in [3.63, 3.8) is 0 Å². The molecule has 2 unspecified atom stereocenters. The number of nitrogens with zero attached hydrogens (tertiary/aromatic N) is 1. The molecule has 3 nitrogen and oxygen atoms in total. The number of piperidine rings is 1. The van der Waals surface area contributed by atoms with Crippen LogP contribution >= 0.6 is 0 Å². The van der Waals surface area contributed by atoms with Crippen molar-refractivity contribution in [2.75, 3.05) is 26.2 Å². The Morgan fingerprint density at radius 2 is 2.11 bits per heavy atom. The molecule has 6 heteroatoms. The summed E-state index contributed by atoms with van der Waals surface area (Å²) in [6.07, 6.45) is -2.71. The van der Waals surface area contributed by atoms with Gasteiger partial charge in [-0.15, -0.1) is 0 Å². The second-order valence-electron chi connectivity index (χ2n) is 4.96. The molecular formula is C12H23F3N2O. The van der Waals surface area contributed by atoms with Gasteiger partial charge < -0.3 is 10.4 Å². The summed E-state index contributed by atoms with van der Waals surface area (Å²) < 4.78 is 37.0. The number of aliphatic hydroxyl groups is 1. The van der Waals surface area contributed by atoms with E-state index in [1.807, 2.05) is 6.92 Å². The molecule has 2 atom stereocenters. The van der Waals surface area contributed by atoms with E-state index in [9.17, 15) is 13.2 Å². The summed E-state index contributed by atoms with van der Waals surface area (Å²) in [5, 5.41) is 12.4. The first kappa shape index (κ1) is 15.7. The van der Waals surface area contributed by atoms with Crippen LogP contribution in [0.1, 0.15) is 32.6 Å². The Kier molecular flexibility index (Phi) is 6.38. The topological polar surface area (TPSA) is 35.5 Å². The van der Waals surface area contributed by atoms with Gasteiger partial charge in [0.05, 0.1) is 0 Å². The van der Waals surface area contributed by atoms with Crippen molar-refractivity contribution >= 4 is 0 Å². The van der Waals surface area contributed by atoms with Crippen molar-refractivity contribution in [3.05, 3.63) is 0 Å². The van der Waals surface area contributed by atoms with E-state index in [1.165, 1.54) is 0 Å². The zero-order chi connectivity index (χ0) is 13.6. The Bertz CT molecular complexity index is 230. The lowest BCUT2D eigenvalue weighted by molar-refractivity contribution is -0.208. The molecule has 18 heavy (non-hydrogen) atoms. The van der Waals surface area contributed by atoms with Crippen LogP contribution in [0.4, 0.5) is 13.2 Å². The van der Waals surface area contributed by atoms with Crippen LogP contribution in [0.3, 0.4) is 0 Å². The fourth-order valence-electron chi connectivity index (χ4n) is 2.31. The molecule has 0 aromatic carbocycles. The van der Waals surface area contributed by atoms with Gasteiger partial charge in [-0.05, 0) is 32.4 Å². The lowest BCUT2D eigenvalue weighted by Crippen LogP contribution is -2.48. The molecule has 0 radical (unpaired) electrons. The maximum Gasteiger partial charge on any atom is 0.415 e. The number of hydrogen-bond acceptors (Lipinski definition) is 3. The summed E-state index contributed by atoms with van der Waals surface area (Å²) in [5.74, 6) is 0. The van der Waals surface area contributed by atoms with Gasteiger partial charge in [-0.1, -0.05) is 13.3 Å². The van der Waals surface area contributed by atoms with Gasteiger partial charge in [-0.2, -0.15) is 13.2 Å². The van der Waals surface area contributed by atoms with Gasteiger partial charge in [-0.25, -0.2) is 0 Å². The van der Waals surface area contributed by atoms with Crippen LogP contribution in [0.5, 0.6) is 0 Å². The maximum absolute atomic E-state index is 12.3. The van der Waals surface area contributed by atoms with E-state index in [0.29, 0.717) is 13.1 Å². The van der Waals surface area contributed by atoms with Crippen LogP contribution in [0.15, 0.2) is 0 Å². The highest BCUT2D eigenvalue weighted by Crippen LogP contribution is 2.21. The second kappa shape index (κ2) is 7.31. The van der Waals surface area contributed by atoms with Gasteiger partial charge in [0, 0.05) is 19.1 Å². The Hall–Kier alpha value is -0.330. The van der Waals surface area contributed by atoms with E-state index >= 15 is 0 Å². The standard InChI is InChI=1S/C12H23F3N2O/c1-2-7-17(9-11(18)12(13,14)15)8-10-5-3-4-6-16-10/h10-11,16,18H,2-9H2,1H3. The Labute approximate surface area is 106 Å². The Morgan fingerprint density at radius 1 is 1.39 bits per heavy atom. The highest BCUT2D eigenvalue weighted by atomic mass is 19.4. The van der Waals surface area contributed by atoms with Crippen LogP contribution in [0.2, 0.25) is 0 Å². The van der Waals surface area contributed by atoms with Crippen LogP contribution in [-0.4, -0.2) is 54.5 Å². The normalized spacial score (nSPS) is 23.3. The first-order valence-electron chi connectivity index (χ1n) is 6.64. The van der Waals surface area contributed by atoms with Crippen molar-refractivity contribution in [1.29, 1.82) is 0 Å². The molecule has 0 spiro atoms. The van der Waals surface area contributed by atoms with Crippen LogP contribution in [0.25, 0.3) is 0 Å². The Morgan fingerprint density at radius 3 is 2.61 bits per heavy atom. The Balaban J connectivity index is 2.43. The van der Waals surface area contributed by atoms with Gasteiger partial charge in [0.15, 0.2) is 6.10 Å². The summed E-state index contributed by atoms with van der Waals surface area (Å²) in [5.41, 5.74) is 0. The zero-order valence-electron chi connectivity index (χ0n) is 10.8. The molecular weight excluding hydrogens is 245 g/mol. The third-order valence-electron chi connectivity index (χ3n) is 3.24. The van der Waals surface area contributed by atoms with Crippen molar-refractivity contribution in [1.82, 2.24) is 10.2 Å². The monoisotopic (exact) mass is 268 g/mol. The molecule has 108 valence electrons. The summed E-state index contributed by atoms with van der Waals surface area (Å²) in [7, 11) is 0. The third kappa shape index (κ3) is 5.54. The van der Waals surface area contributed by atoms with E-state index in [4.69, 9.17) is 5.11 Å². The maximum atomic E-state index is 12.3. The van der Waals surface area contributed by atoms with E-state index in [2.05, 4.69) is 5.32 Å². The van der Waals surface area contributed by atoms with Crippen molar-refractivity contribution < 1.29 is 18.3 Å². The van der Waals surface area contributed by atoms with E-state index in [0.717, 1.165) is 32.2 Å². The minimum absolute atomic E-state index is 0.255. The average molecular weight is 268 g/mol. The third-order valence-corrected chi connectivity index (χ3v) is 3.24. The zero-order valence-corrected chi connectivity index (χ0v) is 10.8. The number of rotatable bonds is 6. The van der Waals surface area contributed by atoms with Crippen molar-refractivity contribution in [2.24, 2.45) is 0 Å². The summed E-state index contributed by atoms with van der Waals surface area (Å²) in [6, 6.07) is 0.255. The molecule has 1 aliphatic heterocycles. The van der Waals surface area contributed by atoms with Gasteiger partial charge in [-0.3, -0.25) is 4.90 Å². The molecule has 1 fully saturated rings. The summed E-state index contributed by atoms with van der Waals surface area (Å²) in [6.45, 7) is 3.72. The number of nitrogens with one attached hydrogen (secondary N) is 1. The average Bonchev–Trinajstić information content (AvgIpc) is 2.29. The molecule has 0 aromatic rings. The highest BCUT2D eigenvalue weighted by molar-refractivity contribution is 4.78.